The Morgan fingerprint density at radius 2 is 1.35 bits per heavy atom. The van der Waals surface area contributed by atoms with Gasteiger partial charge in [-0.3, -0.25) is 0 Å². The van der Waals surface area contributed by atoms with Crippen LogP contribution in [0.1, 0.15) is 16.7 Å². The third-order valence-electron chi connectivity index (χ3n) is 5.96. The smallest absolute Gasteiger partial charge is 0.201 e. The summed E-state index contributed by atoms with van der Waals surface area (Å²) in [6, 6.07) is 20.2. The quantitative estimate of drug-likeness (QED) is 0.335. The number of aromatic nitrogens is 1. The zero-order valence-electron chi connectivity index (χ0n) is 15.7. The molecule has 1 nitrogen and oxygen atoms in total. The summed E-state index contributed by atoms with van der Waals surface area (Å²) < 4.78 is 2.26. The third-order valence-corrected chi connectivity index (χ3v) is 5.96. The fourth-order valence-corrected chi connectivity index (χ4v) is 4.43. The Hall–Kier alpha value is -2.93. The van der Waals surface area contributed by atoms with Crippen molar-refractivity contribution in [1.29, 1.82) is 0 Å². The van der Waals surface area contributed by atoms with E-state index in [4.69, 9.17) is 0 Å². The number of fused-ring (bicyclic) bond motifs is 3. The lowest BCUT2D eigenvalue weighted by atomic mass is 9.92. The number of hydrogen-bond donors (Lipinski definition) is 0. The average molecular weight is 336 g/mol. The Kier molecular flexibility index (Phi) is 3.12. The Bertz CT molecular complexity index is 1210. The summed E-state index contributed by atoms with van der Waals surface area (Å²) in [5.41, 5.74) is 12.1. The van der Waals surface area contributed by atoms with Gasteiger partial charge in [-0.2, -0.15) is 0 Å². The molecule has 0 saturated heterocycles. The van der Waals surface area contributed by atoms with Crippen LogP contribution in [0.2, 0.25) is 0 Å². The Labute approximate surface area is 154 Å². The minimum absolute atomic E-state index is 1.28. The molecule has 26 heavy (non-hydrogen) atoms. The molecular formula is C25H22N+. The molecule has 0 amide bonds. The minimum Gasteiger partial charge on any atom is -0.201 e. The molecule has 1 aliphatic rings. The van der Waals surface area contributed by atoms with Crippen LogP contribution in [-0.4, -0.2) is 0 Å². The molecule has 0 radical (unpaired) electrons. The monoisotopic (exact) mass is 336 g/mol. The molecule has 5 rings (SSSR count). The van der Waals surface area contributed by atoms with Crippen LogP contribution in [0.15, 0.2) is 60.8 Å². The highest BCUT2D eigenvalue weighted by molar-refractivity contribution is 6.17. The van der Waals surface area contributed by atoms with Crippen LogP contribution >= 0.6 is 0 Å². The maximum atomic E-state index is 2.40. The van der Waals surface area contributed by atoms with Gasteiger partial charge in [0.15, 0.2) is 6.20 Å². The van der Waals surface area contributed by atoms with Crippen LogP contribution in [0.5, 0.6) is 0 Å². The van der Waals surface area contributed by atoms with Crippen molar-refractivity contribution in [3.8, 4) is 33.5 Å². The first-order chi connectivity index (χ1) is 12.6. The summed E-state index contributed by atoms with van der Waals surface area (Å²) >= 11 is 0. The Morgan fingerprint density at radius 3 is 2.12 bits per heavy atom. The summed E-state index contributed by atoms with van der Waals surface area (Å²) in [7, 11) is 2.15. The topological polar surface area (TPSA) is 3.88 Å². The standard InChI is InChI=1S/C25H22N/c1-15-12-24(26(4)14-16(15)2)22-13-23-20-9-6-5-8-19(20)21-11-7-10-18(17(22)3)25(21)23/h5-14H,1-4H3/q+1. The second-order valence-electron chi connectivity index (χ2n) is 7.51. The van der Waals surface area contributed by atoms with Crippen LogP contribution in [0.4, 0.5) is 0 Å². The van der Waals surface area contributed by atoms with Gasteiger partial charge in [-0.05, 0) is 71.0 Å². The lowest BCUT2D eigenvalue weighted by Crippen LogP contribution is -2.31. The highest BCUT2D eigenvalue weighted by Crippen LogP contribution is 2.49. The predicted molar refractivity (Wildman–Crippen MR) is 109 cm³/mol. The van der Waals surface area contributed by atoms with E-state index in [0.29, 0.717) is 0 Å². The number of benzene rings is 3. The molecule has 0 fully saturated rings. The first-order valence-corrected chi connectivity index (χ1v) is 9.19. The van der Waals surface area contributed by atoms with Crippen molar-refractivity contribution >= 4 is 10.8 Å². The number of rotatable bonds is 1. The lowest BCUT2D eigenvalue weighted by molar-refractivity contribution is -0.660. The highest BCUT2D eigenvalue weighted by Gasteiger charge is 2.25. The molecule has 0 atom stereocenters. The van der Waals surface area contributed by atoms with Crippen LogP contribution in [-0.2, 0) is 7.05 Å². The van der Waals surface area contributed by atoms with Crippen LogP contribution in [0, 0.1) is 20.8 Å². The van der Waals surface area contributed by atoms with Gasteiger partial charge in [-0.25, -0.2) is 4.57 Å². The molecular weight excluding hydrogens is 314 g/mol. The molecule has 0 spiro atoms. The molecule has 3 aromatic carbocycles. The minimum atomic E-state index is 1.28. The van der Waals surface area contributed by atoms with Crippen molar-refractivity contribution < 1.29 is 4.57 Å². The number of aryl methyl sites for hydroxylation is 4. The maximum absolute atomic E-state index is 2.40. The second kappa shape index (κ2) is 5.28. The zero-order valence-corrected chi connectivity index (χ0v) is 15.7. The van der Waals surface area contributed by atoms with Crippen molar-refractivity contribution in [2.75, 3.05) is 0 Å². The van der Waals surface area contributed by atoms with Crippen molar-refractivity contribution in [2.45, 2.75) is 20.8 Å². The average Bonchev–Trinajstić information content (AvgIpc) is 2.96. The van der Waals surface area contributed by atoms with E-state index < -0.39 is 0 Å². The normalized spacial score (nSPS) is 11.8. The molecule has 0 unspecified atom stereocenters. The number of nitrogens with zero attached hydrogens (tertiary/aromatic N) is 1. The highest BCUT2D eigenvalue weighted by atomic mass is 14.9. The molecule has 1 heteroatoms. The fraction of sp³-hybridized carbons (Fsp3) is 0.160. The van der Waals surface area contributed by atoms with E-state index in [1.807, 2.05) is 0 Å². The van der Waals surface area contributed by atoms with Gasteiger partial charge in [0.05, 0.1) is 5.56 Å². The first kappa shape index (κ1) is 15.3. The lowest BCUT2D eigenvalue weighted by Gasteiger charge is -2.12. The van der Waals surface area contributed by atoms with Crippen LogP contribution < -0.4 is 4.57 Å². The van der Waals surface area contributed by atoms with Gasteiger partial charge < -0.3 is 0 Å². The summed E-state index contributed by atoms with van der Waals surface area (Å²) in [6.07, 6.45) is 2.23. The van der Waals surface area contributed by atoms with Crippen molar-refractivity contribution in [1.82, 2.24) is 0 Å². The van der Waals surface area contributed by atoms with Gasteiger partial charge in [-0.15, -0.1) is 0 Å². The molecule has 126 valence electrons. The van der Waals surface area contributed by atoms with E-state index in [9.17, 15) is 0 Å². The molecule has 0 bridgehead atoms. The van der Waals surface area contributed by atoms with E-state index in [1.165, 1.54) is 61.0 Å². The summed E-state index contributed by atoms with van der Waals surface area (Å²) in [5, 5.41) is 2.77. The van der Waals surface area contributed by atoms with E-state index >= 15 is 0 Å². The molecule has 0 aliphatic heterocycles. The predicted octanol–water partition coefficient (Wildman–Crippen LogP) is 5.90. The maximum Gasteiger partial charge on any atom is 0.212 e. The van der Waals surface area contributed by atoms with Gasteiger partial charge in [0.1, 0.15) is 7.05 Å². The Balaban J connectivity index is 1.91. The van der Waals surface area contributed by atoms with Gasteiger partial charge in [0.25, 0.3) is 0 Å². The molecule has 0 saturated carbocycles. The van der Waals surface area contributed by atoms with Crippen molar-refractivity contribution in [3.63, 3.8) is 0 Å². The van der Waals surface area contributed by atoms with E-state index in [0.717, 1.165) is 0 Å². The van der Waals surface area contributed by atoms with E-state index in [-0.39, 0.29) is 0 Å². The van der Waals surface area contributed by atoms with Gasteiger partial charge in [-0.1, -0.05) is 42.5 Å². The number of pyridine rings is 1. The van der Waals surface area contributed by atoms with Crippen molar-refractivity contribution in [3.05, 3.63) is 77.5 Å². The van der Waals surface area contributed by atoms with E-state index in [2.05, 4.69) is 93.2 Å². The first-order valence-electron chi connectivity index (χ1n) is 9.19. The van der Waals surface area contributed by atoms with Gasteiger partial charge in [0.2, 0.25) is 5.69 Å². The zero-order chi connectivity index (χ0) is 18.0. The molecule has 1 heterocycles. The third kappa shape index (κ3) is 1.94. The fourth-order valence-electron chi connectivity index (χ4n) is 4.43. The summed E-state index contributed by atoms with van der Waals surface area (Å²) in [6.45, 7) is 6.63. The summed E-state index contributed by atoms with van der Waals surface area (Å²) in [4.78, 5) is 0. The second-order valence-corrected chi connectivity index (χ2v) is 7.51. The molecule has 1 aromatic heterocycles. The molecule has 0 N–H and O–H groups in total. The van der Waals surface area contributed by atoms with Gasteiger partial charge in [0, 0.05) is 11.6 Å². The molecule has 4 aromatic rings. The van der Waals surface area contributed by atoms with E-state index in [1.54, 1.807) is 0 Å². The van der Waals surface area contributed by atoms with Crippen molar-refractivity contribution in [2.24, 2.45) is 7.05 Å². The Morgan fingerprint density at radius 1 is 0.654 bits per heavy atom. The summed E-state index contributed by atoms with van der Waals surface area (Å²) in [5.74, 6) is 0. The van der Waals surface area contributed by atoms with Crippen LogP contribution in [0.3, 0.4) is 0 Å². The number of hydrogen-bond acceptors (Lipinski definition) is 0. The molecule has 1 aliphatic carbocycles. The van der Waals surface area contributed by atoms with Gasteiger partial charge >= 0.3 is 0 Å². The largest absolute Gasteiger partial charge is 0.212 e. The van der Waals surface area contributed by atoms with Crippen LogP contribution in [0.25, 0.3) is 44.3 Å². The SMILES string of the molecule is Cc1cc(-c2cc3c4c(cccc4c2C)-c2ccccc2-3)[n+](C)cc1C.